The van der Waals surface area contributed by atoms with Crippen molar-refractivity contribution in [2.75, 3.05) is 19.3 Å². The second-order valence-corrected chi connectivity index (χ2v) is 6.45. The Balaban J connectivity index is 2.96. The SMILES string of the molecule is CCc1ccc(S(=O)(=O)N(C)CCC(F)(F)F)cc1N. The quantitative estimate of drug-likeness (QED) is 0.849. The van der Waals surface area contributed by atoms with Gasteiger partial charge in [-0.05, 0) is 24.1 Å². The lowest BCUT2D eigenvalue weighted by Gasteiger charge is -2.18. The molecule has 20 heavy (non-hydrogen) atoms. The topological polar surface area (TPSA) is 63.4 Å². The van der Waals surface area contributed by atoms with Crippen molar-refractivity contribution >= 4 is 15.7 Å². The summed E-state index contributed by atoms with van der Waals surface area (Å²) in [5.41, 5.74) is 6.82. The fraction of sp³-hybridized carbons (Fsp3) is 0.500. The molecule has 0 unspecified atom stereocenters. The predicted octanol–water partition coefficient (Wildman–Crippen LogP) is 2.40. The van der Waals surface area contributed by atoms with Gasteiger partial charge in [0.15, 0.2) is 0 Å². The molecule has 0 aliphatic heterocycles. The minimum absolute atomic E-state index is 0.100. The van der Waals surface area contributed by atoms with Gasteiger partial charge in [0.05, 0.1) is 11.3 Å². The zero-order chi connectivity index (χ0) is 15.6. The molecule has 2 N–H and O–H groups in total. The highest BCUT2D eigenvalue weighted by atomic mass is 32.2. The van der Waals surface area contributed by atoms with E-state index in [-0.39, 0.29) is 4.90 Å². The van der Waals surface area contributed by atoms with Crippen LogP contribution >= 0.6 is 0 Å². The van der Waals surface area contributed by atoms with Crippen LogP contribution in [0.4, 0.5) is 18.9 Å². The van der Waals surface area contributed by atoms with E-state index in [1.54, 1.807) is 6.07 Å². The minimum atomic E-state index is -4.39. The monoisotopic (exact) mass is 310 g/mol. The van der Waals surface area contributed by atoms with Crippen molar-refractivity contribution in [1.82, 2.24) is 4.31 Å². The Morgan fingerprint density at radius 2 is 1.90 bits per heavy atom. The van der Waals surface area contributed by atoms with Crippen LogP contribution in [0, 0.1) is 0 Å². The van der Waals surface area contributed by atoms with Crippen LogP contribution in [0.1, 0.15) is 18.9 Å². The summed E-state index contributed by atoms with van der Waals surface area (Å²) in [6.07, 6.45) is -4.93. The van der Waals surface area contributed by atoms with Gasteiger partial charge in [0.25, 0.3) is 0 Å². The molecule has 1 aromatic rings. The predicted molar refractivity (Wildman–Crippen MR) is 70.7 cm³/mol. The van der Waals surface area contributed by atoms with Crippen LogP contribution in [-0.2, 0) is 16.4 Å². The highest BCUT2D eigenvalue weighted by molar-refractivity contribution is 7.89. The molecule has 0 aliphatic rings. The van der Waals surface area contributed by atoms with Gasteiger partial charge in [0.1, 0.15) is 0 Å². The molecule has 0 atom stereocenters. The van der Waals surface area contributed by atoms with Crippen molar-refractivity contribution in [3.63, 3.8) is 0 Å². The molecule has 0 saturated heterocycles. The maximum Gasteiger partial charge on any atom is 0.390 e. The number of benzene rings is 1. The maximum absolute atomic E-state index is 12.1. The number of hydrogen-bond acceptors (Lipinski definition) is 3. The van der Waals surface area contributed by atoms with Gasteiger partial charge in [-0.1, -0.05) is 13.0 Å². The summed E-state index contributed by atoms with van der Waals surface area (Å²) in [7, 11) is -2.84. The van der Waals surface area contributed by atoms with E-state index in [0.29, 0.717) is 16.4 Å². The van der Waals surface area contributed by atoms with Crippen molar-refractivity contribution in [2.24, 2.45) is 0 Å². The number of aryl methyl sites for hydroxylation is 1. The van der Waals surface area contributed by atoms with Crippen molar-refractivity contribution in [3.05, 3.63) is 23.8 Å². The van der Waals surface area contributed by atoms with Crippen molar-refractivity contribution in [1.29, 1.82) is 0 Å². The van der Waals surface area contributed by atoms with E-state index in [0.717, 1.165) is 12.6 Å². The third kappa shape index (κ3) is 4.11. The van der Waals surface area contributed by atoms with E-state index in [9.17, 15) is 21.6 Å². The molecule has 4 nitrogen and oxygen atoms in total. The lowest BCUT2D eigenvalue weighted by atomic mass is 10.1. The molecule has 0 fully saturated rings. The average Bonchev–Trinajstić information content (AvgIpc) is 2.34. The summed E-state index contributed by atoms with van der Waals surface area (Å²) in [6.45, 7) is 1.25. The van der Waals surface area contributed by atoms with E-state index in [2.05, 4.69) is 0 Å². The highest BCUT2D eigenvalue weighted by Gasteiger charge is 2.30. The Morgan fingerprint density at radius 3 is 2.35 bits per heavy atom. The number of rotatable bonds is 5. The van der Waals surface area contributed by atoms with Gasteiger partial charge < -0.3 is 5.73 Å². The second kappa shape index (κ2) is 6.01. The normalized spacial score (nSPS) is 12.9. The summed E-state index contributed by atoms with van der Waals surface area (Å²) in [5, 5.41) is 0. The molecule has 1 aromatic carbocycles. The Kier molecular flexibility index (Phi) is 5.04. The average molecular weight is 310 g/mol. The van der Waals surface area contributed by atoms with E-state index in [1.807, 2.05) is 6.92 Å². The van der Waals surface area contributed by atoms with Gasteiger partial charge >= 0.3 is 6.18 Å². The first-order valence-corrected chi connectivity index (χ1v) is 7.43. The fourth-order valence-corrected chi connectivity index (χ4v) is 2.85. The van der Waals surface area contributed by atoms with Crippen LogP contribution in [0.25, 0.3) is 0 Å². The Morgan fingerprint density at radius 1 is 1.30 bits per heavy atom. The van der Waals surface area contributed by atoms with E-state index < -0.39 is 29.2 Å². The van der Waals surface area contributed by atoms with Gasteiger partial charge in [-0.25, -0.2) is 12.7 Å². The van der Waals surface area contributed by atoms with Crippen LogP contribution in [-0.4, -0.2) is 32.5 Å². The van der Waals surface area contributed by atoms with Crippen molar-refractivity contribution in [2.45, 2.75) is 30.8 Å². The Hall–Kier alpha value is -1.28. The Labute approximate surface area is 116 Å². The molecule has 114 valence electrons. The smallest absolute Gasteiger partial charge is 0.390 e. The molecule has 0 radical (unpaired) electrons. The molecule has 1 rings (SSSR count). The number of alkyl halides is 3. The molecular weight excluding hydrogens is 293 g/mol. The molecular formula is C12H17F3N2O2S. The summed E-state index contributed by atoms with van der Waals surface area (Å²) >= 11 is 0. The second-order valence-electron chi connectivity index (χ2n) is 4.41. The number of nitrogen functional groups attached to an aromatic ring is 1. The molecule has 0 heterocycles. The van der Waals surface area contributed by atoms with Gasteiger partial charge in [-0.2, -0.15) is 13.2 Å². The van der Waals surface area contributed by atoms with Gasteiger partial charge in [0.2, 0.25) is 10.0 Å². The zero-order valence-corrected chi connectivity index (χ0v) is 12.1. The zero-order valence-electron chi connectivity index (χ0n) is 11.2. The van der Waals surface area contributed by atoms with E-state index >= 15 is 0 Å². The summed E-state index contributed by atoms with van der Waals surface area (Å²) < 4.78 is 61.3. The summed E-state index contributed by atoms with van der Waals surface area (Å²) in [4.78, 5) is -0.100. The van der Waals surface area contributed by atoms with Gasteiger partial charge in [-0.3, -0.25) is 0 Å². The summed E-state index contributed by atoms with van der Waals surface area (Å²) in [5.74, 6) is 0. The van der Waals surface area contributed by atoms with E-state index in [1.165, 1.54) is 12.1 Å². The largest absolute Gasteiger partial charge is 0.398 e. The first-order valence-electron chi connectivity index (χ1n) is 5.99. The highest BCUT2D eigenvalue weighted by Crippen LogP contribution is 2.24. The van der Waals surface area contributed by atoms with Gasteiger partial charge in [-0.15, -0.1) is 0 Å². The third-order valence-corrected chi connectivity index (χ3v) is 4.77. The molecule has 0 bridgehead atoms. The fourth-order valence-electron chi connectivity index (χ4n) is 1.64. The van der Waals surface area contributed by atoms with Crippen LogP contribution in [0.15, 0.2) is 23.1 Å². The number of nitrogens with two attached hydrogens (primary N) is 1. The van der Waals surface area contributed by atoms with Gasteiger partial charge in [0, 0.05) is 19.3 Å². The molecule has 0 amide bonds. The molecule has 0 aliphatic carbocycles. The first kappa shape index (κ1) is 16.8. The van der Waals surface area contributed by atoms with Crippen molar-refractivity contribution < 1.29 is 21.6 Å². The number of nitrogens with zero attached hydrogens (tertiary/aromatic N) is 1. The standard InChI is InChI=1S/C12H17F3N2O2S/c1-3-9-4-5-10(8-11(9)16)20(18,19)17(2)7-6-12(13,14)15/h4-5,8H,3,6-7,16H2,1-2H3. The summed E-state index contributed by atoms with van der Waals surface area (Å²) in [6, 6.07) is 4.20. The third-order valence-electron chi connectivity index (χ3n) is 2.92. The first-order chi connectivity index (χ1) is 9.08. The lowest BCUT2D eigenvalue weighted by molar-refractivity contribution is -0.135. The molecule has 0 spiro atoms. The Bertz CT molecular complexity index is 571. The minimum Gasteiger partial charge on any atom is -0.398 e. The van der Waals surface area contributed by atoms with Crippen LogP contribution in [0.2, 0.25) is 0 Å². The van der Waals surface area contributed by atoms with E-state index in [4.69, 9.17) is 5.73 Å². The number of sulfonamides is 1. The number of halogens is 3. The lowest BCUT2D eigenvalue weighted by Crippen LogP contribution is -2.30. The molecule has 0 saturated carbocycles. The maximum atomic E-state index is 12.1. The molecule has 0 aromatic heterocycles. The van der Waals surface area contributed by atoms with Crippen LogP contribution < -0.4 is 5.73 Å². The molecule has 8 heteroatoms. The van der Waals surface area contributed by atoms with Crippen LogP contribution in [0.3, 0.4) is 0 Å². The van der Waals surface area contributed by atoms with Crippen molar-refractivity contribution in [3.8, 4) is 0 Å². The van der Waals surface area contributed by atoms with Crippen LogP contribution in [0.5, 0.6) is 0 Å². The number of hydrogen-bond donors (Lipinski definition) is 1. The number of anilines is 1.